The molecule has 1 atom stereocenters. The lowest BCUT2D eigenvalue weighted by Crippen LogP contribution is -2.52. The number of nitrogens with zero attached hydrogens (tertiary/aromatic N) is 5. The normalized spacial score (nSPS) is 15.7. The van der Waals surface area contributed by atoms with Gasteiger partial charge in [-0.1, -0.05) is 24.3 Å². The fourth-order valence-electron chi connectivity index (χ4n) is 4.32. The van der Waals surface area contributed by atoms with Gasteiger partial charge in [-0.25, -0.2) is 9.97 Å². The van der Waals surface area contributed by atoms with E-state index in [0.717, 1.165) is 17.8 Å². The highest BCUT2D eigenvalue weighted by Crippen LogP contribution is 2.40. The molecule has 0 bridgehead atoms. The van der Waals surface area contributed by atoms with E-state index < -0.39 is 23.2 Å². The number of carbonyl (C=O) groups excluding carboxylic acids is 1. The van der Waals surface area contributed by atoms with Crippen molar-refractivity contribution < 1.29 is 23.1 Å². The van der Waals surface area contributed by atoms with Crippen molar-refractivity contribution in [3.8, 4) is 17.3 Å². The van der Waals surface area contributed by atoms with Gasteiger partial charge >= 0.3 is 6.18 Å². The smallest absolute Gasteiger partial charge is 0.381 e. The van der Waals surface area contributed by atoms with Crippen molar-refractivity contribution in [3.63, 3.8) is 0 Å². The van der Waals surface area contributed by atoms with Crippen molar-refractivity contribution in [1.29, 1.82) is 5.26 Å². The molecule has 0 saturated carbocycles. The zero-order chi connectivity index (χ0) is 27.0. The third-order valence-corrected chi connectivity index (χ3v) is 6.42. The number of anilines is 3. The molecule has 1 aromatic heterocycles. The number of amides is 1. The quantitative estimate of drug-likeness (QED) is 0.474. The minimum Gasteiger partial charge on any atom is -0.381 e. The van der Waals surface area contributed by atoms with Crippen LogP contribution in [-0.2, 0) is 10.4 Å². The van der Waals surface area contributed by atoms with Gasteiger partial charge in [0.2, 0.25) is 0 Å². The van der Waals surface area contributed by atoms with Gasteiger partial charge in [-0.3, -0.25) is 4.79 Å². The fraction of sp³-hybridized carbons (Fsp3) is 0.280. The molecule has 192 valence electrons. The molecule has 0 spiro atoms. The number of aryl methyl sites for hydroxylation is 1. The van der Waals surface area contributed by atoms with Crippen molar-refractivity contribution in [1.82, 2.24) is 9.97 Å². The van der Waals surface area contributed by atoms with Crippen molar-refractivity contribution in [2.45, 2.75) is 18.7 Å². The monoisotopic (exact) mass is 511 g/mol. The summed E-state index contributed by atoms with van der Waals surface area (Å²) in [5.41, 5.74) is 8.85. The summed E-state index contributed by atoms with van der Waals surface area (Å²) < 4.78 is 40.8. The molecule has 1 unspecified atom stereocenters. The number of halogens is 3. The summed E-state index contributed by atoms with van der Waals surface area (Å²) in [5, 5.41) is 19.6. The standard InChI is InChI=1S/C25H24F3N7O2/c1-15-6-7-17(24(37,23(31)36)25(26,27)28)12-18(15)19-14-32-21(30)22(33-19)35-10-8-34(9-11-35)20-5-3-2-4-16(20)13-29/h2-7,12,14,37H,8-11H2,1H3,(H2,30,32)(H2,31,36). The summed E-state index contributed by atoms with van der Waals surface area (Å²) in [4.78, 5) is 24.4. The Hall–Kier alpha value is -4.37. The third kappa shape index (κ3) is 4.61. The number of aromatic nitrogens is 2. The second kappa shape index (κ2) is 9.59. The molecule has 37 heavy (non-hydrogen) atoms. The van der Waals surface area contributed by atoms with Crippen molar-refractivity contribution >= 4 is 23.2 Å². The van der Waals surface area contributed by atoms with E-state index in [4.69, 9.17) is 11.5 Å². The number of nitrogen functional groups attached to an aromatic ring is 1. The molecule has 1 fully saturated rings. The molecule has 3 aromatic rings. The summed E-state index contributed by atoms with van der Waals surface area (Å²) in [6.07, 6.45) is -4.01. The first-order chi connectivity index (χ1) is 17.5. The van der Waals surface area contributed by atoms with Gasteiger partial charge in [-0.05, 0) is 30.7 Å². The van der Waals surface area contributed by atoms with Crippen LogP contribution < -0.4 is 21.3 Å². The van der Waals surface area contributed by atoms with Gasteiger partial charge in [0.05, 0.1) is 23.1 Å². The number of nitrogens with two attached hydrogens (primary N) is 2. The molecule has 1 amide bonds. The Balaban J connectivity index is 1.65. The molecule has 9 nitrogen and oxygen atoms in total. The minimum absolute atomic E-state index is 0.146. The van der Waals surface area contributed by atoms with Crippen molar-refractivity contribution in [2.24, 2.45) is 5.73 Å². The number of alkyl halides is 3. The van der Waals surface area contributed by atoms with Crippen molar-refractivity contribution in [2.75, 3.05) is 41.7 Å². The predicted octanol–water partition coefficient (Wildman–Crippen LogP) is 2.47. The van der Waals surface area contributed by atoms with Gasteiger partial charge < -0.3 is 26.4 Å². The molecule has 1 saturated heterocycles. The molecule has 0 radical (unpaired) electrons. The van der Waals surface area contributed by atoms with Gasteiger partial charge in [-0.15, -0.1) is 0 Å². The highest BCUT2D eigenvalue weighted by molar-refractivity contribution is 5.86. The van der Waals surface area contributed by atoms with Crippen LogP contribution in [-0.4, -0.2) is 53.3 Å². The number of primary amides is 1. The second-order valence-electron chi connectivity index (χ2n) is 8.67. The van der Waals surface area contributed by atoms with Crippen molar-refractivity contribution in [3.05, 3.63) is 65.4 Å². The highest BCUT2D eigenvalue weighted by Gasteiger charge is 2.60. The molecule has 5 N–H and O–H groups in total. The summed E-state index contributed by atoms with van der Waals surface area (Å²) in [5.74, 6) is -1.43. The first kappa shape index (κ1) is 25.7. The molecule has 4 rings (SSSR count). The predicted molar refractivity (Wildman–Crippen MR) is 131 cm³/mol. The number of hydrogen-bond donors (Lipinski definition) is 3. The van der Waals surface area contributed by atoms with Gasteiger partial charge in [0.25, 0.3) is 11.5 Å². The van der Waals surface area contributed by atoms with E-state index in [1.54, 1.807) is 19.1 Å². The summed E-state index contributed by atoms with van der Waals surface area (Å²) in [7, 11) is 0. The van der Waals surface area contributed by atoms with Gasteiger partial charge in [0.15, 0.2) is 11.6 Å². The van der Waals surface area contributed by atoms with Gasteiger partial charge in [0.1, 0.15) is 6.07 Å². The summed E-state index contributed by atoms with van der Waals surface area (Å²) in [6, 6.07) is 12.9. The van der Waals surface area contributed by atoms with Crippen LogP contribution in [0.2, 0.25) is 0 Å². The number of para-hydroxylation sites is 1. The number of benzene rings is 2. The Bertz CT molecular complexity index is 1380. The molecule has 1 aliphatic rings. The number of nitriles is 1. The zero-order valence-corrected chi connectivity index (χ0v) is 19.8. The van der Waals surface area contributed by atoms with Gasteiger partial charge in [0, 0.05) is 37.3 Å². The molecule has 1 aliphatic heterocycles. The SMILES string of the molecule is Cc1ccc(C(O)(C(N)=O)C(F)(F)F)cc1-c1cnc(N)c(N2CCN(c3ccccc3C#N)CC2)n1. The number of aliphatic hydroxyl groups is 1. The van der Waals surface area contributed by atoms with Crippen LogP contribution in [0.5, 0.6) is 0 Å². The Morgan fingerprint density at radius 1 is 1.11 bits per heavy atom. The van der Waals surface area contributed by atoms with Crippen LogP contribution in [0.15, 0.2) is 48.7 Å². The van der Waals surface area contributed by atoms with Crippen LogP contribution in [0, 0.1) is 18.3 Å². The maximum atomic E-state index is 13.6. The van der Waals surface area contributed by atoms with Gasteiger partial charge in [-0.2, -0.15) is 18.4 Å². The Labute approximate surface area is 210 Å². The Morgan fingerprint density at radius 2 is 1.76 bits per heavy atom. The number of rotatable bonds is 5. The number of hydrogen-bond acceptors (Lipinski definition) is 8. The Morgan fingerprint density at radius 3 is 2.38 bits per heavy atom. The average Bonchev–Trinajstić information content (AvgIpc) is 2.88. The number of carbonyl (C=O) groups is 1. The van der Waals surface area contributed by atoms with Crippen LogP contribution in [0.4, 0.5) is 30.5 Å². The molecule has 0 aliphatic carbocycles. The fourth-order valence-corrected chi connectivity index (χ4v) is 4.32. The topological polar surface area (TPSA) is 145 Å². The lowest BCUT2D eigenvalue weighted by Gasteiger charge is -2.37. The van der Waals surface area contributed by atoms with E-state index in [1.165, 1.54) is 12.3 Å². The summed E-state index contributed by atoms with van der Waals surface area (Å²) >= 11 is 0. The van der Waals surface area contributed by atoms with E-state index in [1.807, 2.05) is 17.0 Å². The lowest BCUT2D eigenvalue weighted by atomic mass is 9.89. The maximum Gasteiger partial charge on any atom is 0.430 e. The molecular formula is C25H24F3N7O2. The third-order valence-electron chi connectivity index (χ3n) is 6.42. The van der Waals surface area contributed by atoms with E-state index >= 15 is 0 Å². The zero-order valence-electron chi connectivity index (χ0n) is 19.8. The first-order valence-electron chi connectivity index (χ1n) is 11.3. The van der Waals surface area contributed by atoms with E-state index in [2.05, 4.69) is 20.9 Å². The largest absolute Gasteiger partial charge is 0.430 e. The van der Waals surface area contributed by atoms with Crippen LogP contribution in [0.3, 0.4) is 0 Å². The highest BCUT2D eigenvalue weighted by atomic mass is 19.4. The van der Waals surface area contributed by atoms with E-state index in [0.29, 0.717) is 43.1 Å². The lowest BCUT2D eigenvalue weighted by molar-refractivity contribution is -0.255. The number of piperazine rings is 1. The second-order valence-corrected chi connectivity index (χ2v) is 8.67. The molecule has 2 aromatic carbocycles. The molecule has 2 heterocycles. The van der Waals surface area contributed by atoms with E-state index in [9.17, 15) is 28.3 Å². The molecule has 12 heteroatoms. The molecular weight excluding hydrogens is 487 g/mol. The Kier molecular flexibility index (Phi) is 6.66. The van der Waals surface area contributed by atoms with Crippen LogP contribution in [0.1, 0.15) is 16.7 Å². The van der Waals surface area contributed by atoms with Crippen LogP contribution in [0.25, 0.3) is 11.3 Å². The van der Waals surface area contributed by atoms with E-state index in [-0.39, 0.29) is 17.1 Å². The summed E-state index contributed by atoms with van der Waals surface area (Å²) in [6.45, 7) is 3.83. The average molecular weight is 512 g/mol. The minimum atomic E-state index is -5.33. The van der Waals surface area contributed by atoms with Crippen LogP contribution >= 0.6 is 0 Å². The maximum absolute atomic E-state index is 13.6. The first-order valence-corrected chi connectivity index (χ1v) is 11.3.